The average Bonchev–Trinajstić information content (AvgIpc) is 2.76. The minimum atomic E-state index is -0.160. The second kappa shape index (κ2) is 5.44. The highest BCUT2D eigenvalue weighted by molar-refractivity contribution is 5.97. The molecule has 0 aliphatic carbocycles. The summed E-state index contributed by atoms with van der Waals surface area (Å²) in [5.41, 5.74) is 0.736. The van der Waals surface area contributed by atoms with Gasteiger partial charge in [0, 0.05) is 38.1 Å². The van der Waals surface area contributed by atoms with Crippen LogP contribution in [0.5, 0.6) is 0 Å². The van der Waals surface area contributed by atoms with E-state index in [9.17, 15) is 4.79 Å². The van der Waals surface area contributed by atoms with E-state index in [0.717, 1.165) is 12.1 Å². The molecule has 0 spiro atoms. The molecular formula is C12H18N2O3. The standard InChI is InChI=1S/C12H18N2O3/c1-13-3-2-10(6-13)12(16)8-14-4-5-17-11(7-14)9-15/h2-3,6,11,15H,4-5,7-9H2,1H3. The van der Waals surface area contributed by atoms with Crippen molar-refractivity contribution >= 4 is 5.78 Å². The summed E-state index contributed by atoms with van der Waals surface area (Å²) in [6.07, 6.45) is 3.53. The minimum Gasteiger partial charge on any atom is -0.394 e. The van der Waals surface area contributed by atoms with Crippen LogP contribution in [0.1, 0.15) is 10.4 Å². The van der Waals surface area contributed by atoms with Crippen molar-refractivity contribution in [1.82, 2.24) is 9.47 Å². The van der Waals surface area contributed by atoms with Crippen molar-refractivity contribution in [3.8, 4) is 0 Å². The zero-order valence-electron chi connectivity index (χ0n) is 10.0. The van der Waals surface area contributed by atoms with Gasteiger partial charge in [-0.3, -0.25) is 9.69 Å². The van der Waals surface area contributed by atoms with E-state index in [1.54, 1.807) is 0 Å². The predicted molar refractivity (Wildman–Crippen MR) is 63.0 cm³/mol. The van der Waals surface area contributed by atoms with Crippen LogP contribution in [0.4, 0.5) is 0 Å². The molecular weight excluding hydrogens is 220 g/mol. The Labute approximate surface area is 101 Å². The van der Waals surface area contributed by atoms with Crippen LogP contribution < -0.4 is 0 Å². The Hall–Kier alpha value is -1.17. The lowest BCUT2D eigenvalue weighted by atomic mass is 10.2. The second-order valence-electron chi connectivity index (χ2n) is 4.40. The maximum atomic E-state index is 12.0. The number of rotatable bonds is 4. The molecule has 0 amide bonds. The molecule has 94 valence electrons. The van der Waals surface area contributed by atoms with Crippen LogP contribution in [0.2, 0.25) is 0 Å². The molecule has 1 atom stereocenters. The zero-order chi connectivity index (χ0) is 12.3. The summed E-state index contributed by atoms with van der Waals surface area (Å²) >= 11 is 0. The van der Waals surface area contributed by atoms with Crippen LogP contribution in [0, 0.1) is 0 Å². The molecule has 1 aromatic heterocycles. The van der Waals surface area contributed by atoms with Gasteiger partial charge in [-0.05, 0) is 6.07 Å². The molecule has 0 radical (unpaired) electrons. The summed E-state index contributed by atoms with van der Waals surface area (Å²) in [5, 5.41) is 9.02. The molecule has 2 heterocycles. The monoisotopic (exact) mass is 238 g/mol. The highest BCUT2D eigenvalue weighted by atomic mass is 16.5. The topological polar surface area (TPSA) is 54.7 Å². The van der Waals surface area contributed by atoms with Crippen LogP contribution in [-0.4, -0.2) is 59.3 Å². The highest BCUT2D eigenvalue weighted by Crippen LogP contribution is 2.07. The molecule has 1 aliphatic heterocycles. The first kappa shape index (κ1) is 12.3. The van der Waals surface area contributed by atoms with E-state index in [0.29, 0.717) is 19.7 Å². The summed E-state index contributed by atoms with van der Waals surface area (Å²) in [5.74, 6) is 0.115. The summed E-state index contributed by atoms with van der Waals surface area (Å²) in [4.78, 5) is 14.0. The van der Waals surface area contributed by atoms with Crippen molar-refractivity contribution in [2.45, 2.75) is 6.10 Å². The quantitative estimate of drug-likeness (QED) is 0.744. The molecule has 1 aromatic rings. The Morgan fingerprint density at radius 1 is 1.65 bits per heavy atom. The minimum absolute atomic E-state index is 0.00995. The number of aliphatic hydroxyl groups is 1. The summed E-state index contributed by atoms with van der Waals surface area (Å²) in [7, 11) is 1.90. The molecule has 0 bridgehead atoms. The molecule has 0 aromatic carbocycles. The lowest BCUT2D eigenvalue weighted by Gasteiger charge is -2.31. The normalized spacial score (nSPS) is 21.6. The Morgan fingerprint density at radius 2 is 2.47 bits per heavy atom. The smallest absolute Gasteiger partial charge is 0.178 e. The van der Waals surface area contributed by atoms with Gasteiger partial charge < -0.3 is 14.4 Å². The third-order valence-electron chi connectivity index (χ3n) is 2.95. The molecule has 2 rings (SSSR count). The fraction of sp³-hybridized carbons (Fsp3) is 0.583. The second-order valence-corrected chi connectivity index (χ2v) is 4.40. The van der Waals surface area contributed by atoms with E-state index in [4.69, 9.17) is 9.84 Å². The van der Waals surface area contributed by atoms with E-state index in [2.05, 4.69) is 0 Å². The molecule has 1 N–H and O–H groups in total. The zero-order valence-corrected chi connectivity index (χ0v) is 10.0. The molecule has 1 saturated heterocycles. The van der Waals surface area contributed by atoms with Gasteiger partial charge in [0.25, 0.3) is 0 Å². The number of hydrogen-bond acceptors (Lipinski definition) is 4. The van der Waals surface area contributed by atoms with Crippen LogP contribution in [0.25, 0.3) is 0 Å². The molecule has 1 fully saturated rings. The first-order chi connectivity index (χ1) is 8.19. The Morgan fingerprint density at radius 3 is 3.12 bits per heavy atom. The molecule has 5 heteroatoms. The maximum Gasteiger partial charge on any atom is 0.178 e. The number of aromatic nitrogens is 1. The van der Waals surface area contributed by atoms with Crippen molar-refractivity contribution < 1.29 is 14.6 Å². The van der Waals surface area contributed by atoms with Gasteiger partial charge in [0.2, 0.25) is 0 Å². The van der Waals surface area contributed by atoms with Crippen molar-refractivity contribution in [3.63, 3.8) is 0 Å². The van der Waals surface area contributed by atoms with Crippen molar-refractivity contribution in [2.75, 3.05) is 32.8 Å². The third kappa shape index (κ3) is 3.15. The molecule has 17 heavy (non-hydrogen) atoms. The van der Waals surface area contributed by atoms with Crippen LogP contribution >= 0.6 is 0 Å². The fourth-order valence-electron chi connectivity index (χ4n) is 2.00. The number of aliphatic hydroxyl groups excluding tert-OH is 1. The van der Waals surface area contributed by atoms with E-state index in [-0.39, 0.29) is 18.5 Å². The Kier molecular flexibility index (Phi) is 3.93. The molecule has 5 nitrogen and oxygen atoms in total. The van der Waals surface area contributed by atoms with Crippen molar-refractivity contribution in [1.29, 1.82) is 0 Å². The molecule has 1 unspecified atom stereocenters. The summed E-state index contributed by atoms with van der Waals surface area (Å²) in [6, 6.07) is 1.83. The Balaban J connectivity index is 1.90. The van der Waals surface area contributed by atoms with Crippen LogP contribution in [0.3, 0.4) is 0 Å². The third-order valence-corrected chi connectivity index (χ3v) is 2.95. The first-order valence-electron chi connectivity index (χ1n) is 5.79. The van der Waals surface area contributed by atoms with E-state index in [1.807, 2.05) is 35.0 Å². The van der Waals surface area contributed by atoms with Gasteiger partial charge in [0.05, 0.1) is 25.9 Å². The van der Waals surface area contributed by atoms with E-state index in [1.165, 1.54) is 0 Å². The lowest BCUT2D eigenvalue weighted by molar-refractivity contribution is -0.0503. The highest BCUT2D eigenvalue weighted by Gasteiger charge is 2.22. The van der Waals surface area contributed by atoms with Gasteiger partial charge >= 0.3 is 0 Å². The molecule has 1 aliphatic rings. The summed E-state index contributed by atoms with van der Waals surface area (Å²) in [6.45, 7) is 2.34. The van der Waals surface area contributed by atoms with Gasteiger partial charge in [-0.1, -0.05) is 0 Å². The van der Waals surface area contributed by atoms with Gasteiger partial charge in [0.15, 0.2) is 5.78 Å². The van der Waals surface area contributed by atoms with Gasteiger partial charge in [-0.25, -0.2) is 0 Å². The largest absolute Gasteiger partial charge is 0.394 e. The first-order valence-corrected chi connectivity index (χ1v) is 5.79. The van der Waals surface area contributed by atoms with Crippen LogP contribution in [-0.2, 0) is 11.8 Å². The van der Waals surface area contributed by atoms with Gasteiger partial charge in [-0.2, -0.15) is 0 Å². The SMILES string of the molecule is Cn1ccc(C(=O)CN2CCOC(CO)C2)c1. The Bertz CT molecular complexity index is 389. The number of morpholine rings is 1. The number of hydrogen-bond donors (Lipinski definition) is 1. The van der Waals surface area contributed by atoms with E-state index >= 15 is 0 Å². The number of carbonyl (C=O) groups is 1. The number of aryl methyl sites for hydroxylation is 1. The average molecular weight is 238 g/mol. The van der Waals surface area contributed by atoms with Crippen molar-refractivity contribution in [2.24, 2.45) is 7.05 Å². The summed E-state index contributed by atoms with van der Waals surface area (Å²) < 4.78 is 7.21. The number of carbonyl (C=O) groups excluding carboxylic acids is 1. The van der Waals surface area contributed by atoms with E-state index < -0.39 is 0 Å². The number of nitrogens with zero attached hydrogens (tertiary/aromatic N) is 2. The van der Waals surface area contributed by atoms with Gasteiger partial charge in [0.1, 0.15) is 0 Å². The fourth-order valence-corrected chi connectivity index (χ4v) is 2.00. The van der Waals surface area contributed by atoms with Gasteiger partial charge in [-0.15, -0.1) is 0 Å². The lowest BCUT2D eigenvalue weighted by Crippen LogP contribution is -2.45. The number of ketones is 1. The van der Waals surface area contributed by atoms with Crippen molar-refractivity contribution in [3.05, 3.63) is 24.0 Å². The number of Topliss-reactive ketones (excluding diaryl/α,β-unsaturated/α-hetero) is 1. The maximum absolute atomic E-state index is 12.0. The molecule has 0 saturated carbocycles. The predicted octanol–water partition coefficient (Wildman–Crippen LogP) is -0.0991. The van der Waals surface area contributed by atoms with Crippen LogP contribution in [0.15, 0.2) is 18.5 Å². The number of ether oxygens (including phenoxy) is 1.